The van der Waals surface area contributed by atoms with Crippen LogP contribution >= 0.6 is 0 Å². The maximum Gasteiger partial charge on any atom is 0.121 e. The Balaban J connectivity index is 1.40. The highest BCUT2D eigenvalue weighted by molar-refractivity contribution is 5.88. The second-order valence-electron chi connectivity index (χ2n) is 12.4. The summed E-state index contributed by atoms with van der Waals surface area (Å²) in [6, 6.07) is 18.7. The van der Waals surface area contributed by atoms with E-state index in [2.05, 4.69) is 62.7 Å². The van der Waals surface area contributed by atoms with E-state index in [4.69, 9.17) is 15.2 Å². The lowest BCUT2D eigenvalue weighted by Gasteiger charge is -2.35. The molecule has 0 spiro atoms. The van der Waals surface area contributed by atoms with E-state index in [1.165, 1.54) is 10.9 Å². The number of nitrogens with zero attached hydrogens (tertiary/aromatic N) is 1. The number of aromatic nitrogens is 1. The molecule has 3 rings (SSSR count). The molecule has 3 unspecified atom stereocenters. The minimum Gasteiger partial charge on any atom is -0.494 e. The first-order chi connectivity index (χ1) is 17.8. The molecule has 0 aliphatic carbocycles. The van der Waals surface area contributed by atoms with Gasteiger partial charge in [-0.25, -0.2) is 0 Å². The lowest BCUT2D eigenvalue weighted by atomic mass is 9.82. The van der Waals surface area contributed by atoms with Gasteiger partial charge in [0.05, 0.1) is 30.4 Å². The average Bonchev–Trinajstić information content (AvgIpc) is 3.18. The molecule has 0 amide bonds. The van der Waals surface area contributed by atoms with Crippen molar-refractivity contribution in [3.63, 3.8) is 0 Å². The minimum atomic E-state index is -0.779. The zero-order valence-electron chi connectivity index (χ0n) is 24.1. The van der Waals surface area contributed by atoms with Crippen LogP contribution < -0.4 is 10.5 Å². The molecule has 210 valence electrons. The summed E-state index contributed by atoms with van der Waals surface area (Å²) in [5.41, 5.74) is 9.47. The van der Waals surface area contributed by atoms with Gasteiger partial charge in [0.25, 0.3) is 0 Å². The van der Waals surface area contributed by atoms with Crippen molar-refractivity contribution < 1.29 is 19.7 Å². The van der Waals surface area contributed by atoms with Gasteiger partial charge in [-0.3, -0.25) is 0 Å². The van der Waals surface area contributed by atoms with E-state index >= 15 is 0 Å². The Morgan fingerprint density at radius 3 is 2.11 bits per heavy atom. The third-order valence-electron chi connectivity index (χ3n) is 7.03. The van der Waals surface area contributed by atoms with E-state index in [9.17, 15) is 10.2 Å². The SMILES string of the molecule is Cn1c(-c2ccccc2)cc2ccc(OCCCC(O)C(O)CCCOC(CC(C)(C)C)C(C)(C)N)cc21. The lowest BCUT2D eigenvalue weighted by molar-refractivity contribution is -0.0290. The van der Waals surface area contributed by atoms with Crippen molar-refractivity contribution in [1.29, 1.82) is 0 Å². The Morgan fingerprint density at radius 1 is 0.868 bits per heavy atom. The summed E-state index contributed by atoms with van der Waals surface area (Å²) in [4.78, 5) is 0. The predicted octanol–water partition coefficient (Wildman–Crippen LogP) is 6.07. The molecule has 1 aromatic heterocycles. The van der Waals surface area contributed by atoms with Crippen LogP contribution in [0.1, 0.15) is 66.7 Å². The topological polar surface area (TPSA) is 89.9 Å². The van der Waals surface area contributed by atoms with Crippen LogP contribution in [0, 0.1) is 5.41 Å². The summed E-state index contributed by atoms with van der Waals surface area (Å²) in [7, 11) is 2.07. The Morgan fingerprint density at radius 2 is 1.50 bits per heavy atom. The van der Waals surface area contributed by atoms with Crippen molar-refractivity contribution in [3.8, 4) is 17.0 Å². The van der Waals surface area contributed by atoms with Crippen LogP contribution in [0.2, 0.25) is 0 Å². The number of aliphatic hydroxyl groups is 2. The number of aryl methyl sites for hydroxylation is 1. The lowest BCUT2D eigenvalue weighted by Crippen LogP contribution is -2.48. The molecule has 3 aromatic rings. The highest BCUT2D eigenvalue weighted by Crippen LogP contribution is 2.30. The van der Waals surface area contributed by atoms with Crippen molar-refractivity contribution in [2.75, 3.05) is 13.2 Å². The fourth-order valence-corrected chi connectivity index (χ4v) is 4.76. The van der Waals surface area contributed by atoms with Crippen LogP contribution in [0.4, 0.5) is 0 Å². The van der Waals surface area contributed by atoms with Crippen molar-refractivity contribution in [2.45, 2.75) is 90.6 Å². The zero-order chi connectivity index (χ0) is 27.9. The Labute approximate surface area is 228 Å². The van der Waals surface area contributed by atoms with Gasteiger partial charge in [0, 0.05) is 36.3 Å². The van der Waals surface area contributed by atoms with Gasteiger partial charge in [0.1, 0.15) is 5.75 Å². The Hall–Kier alpha value is -2.38. The molecule has 1 heterocycles. The van der Waals surface area contributed by atoms with Crippen molar-refractivity contribution in [2.24, 2.45) is 18.2 Å². The van der Waals surface area contributed by atoms with Gasteiger partial charge in [-0.05, 0) is 75.1 Å². The maximum atomic E-state index is 10.4. The number of hydrogen-bond donors (Lipinski definition) is 3. The van der Waals surface area contributed by atoms with Gasteiger partial charge in [-0.15, -0.1) is 0 Å². The maximum absolute atomic E-state index is 10.4. The van der Waals surface area contributed by atoms with Crippen LogP contribution in [0.25, 0.3) is 22.2 Å². The first-order valence-corrected chi connectivity index (χ1v) is 13.9. The number of benzene rings is 2. The standard InChI is InChI=1S/C32H48N2O4/c1-31(2,3)22-30(32(4,5)33)38-19-11-15-29(36)28(35)14-10-18-37-25-17-16-24-20-26(34(6)27(24)21-25)23-12-8-7-9-13-23/h7-9,12-13,16-17,20-21,28-30,35-36H,10-11,14-15,18-19,22,33H2,1-6H3. The first kappa shape index (κ1) is 30.2. The van der Waals surface area contributed by atoms with Gasteiger partial charge in [-0.1, -0.05) is 51.1 Å². The zero-order valence-corrected chi connectivity index (χ0v) is 24.1. The monoisotopic (exact) mass is 524 g/mol. The molecule has 0 radical (unpaired) electrons. The van der Waals surface area contributed by atoms with Gasteiger partial charge in [0.15, 0.2) is 0 Å². The molecular weight excluding hydrogens is 476 g/mol. The van der Waals surface area contributed by atoms with Crippen LogP contribution in [0.5, 0.6) is 5.75 Å². The summed E-state index contributed by atoms with van der Waals surface area (Å²) in [6.07, 6.45) is 1.56. The van der Waals surface area contributed by atoms with Crippen LogP contribution in [0.3, 0.4) is 0 Å². The third-order valence-corrected chi connectivity index (χ3v) is 7.03. The number of ether oxygens (including phenoxy) is 2. The van der Waals surface area contributed by atoms with E-state index in [-0.39, 0.29) is 11.5 Å². The number of fused-ring (bicyclic) bond motifs is 1. The predicted molar refractivity (Wildman–Crippen MR) is 156 cm³/mol. The largest absolute Gasteiger partial charge is 0.494 e. The smallest absolute Gasteiger partial charge is 0.121 e. The molecule has 0 aliphatic rings. The fourth-order valence-electron chi connectivity index (χ4n) is 4.76. The van der Waals surface area contributed by atoms with E-state index in [1.807, 2.05) is 38.1 Å². The molecule has 2 aromatic carbocycles. The number of aliphatic hydroxyl groups excluding tert-OH is 2. The second-order valence-corrected chi connectivity index (χ2v) is 12.4. The van der Waals surface area contributed by atoms with Gasteiger partial charge in [-0.2, -0.15) is 0 Å². The molecule has 0 saturated heterocycles. The first-order valence-electron chi connectivity index (χ1n) is 13.9. The van der Waals surface area contributed by atoms with Gasteiger partial charge < -0.3 is 30.0 Å². The average molecular weight is 525 g/mol. The highest BCUT2D eigenvalue weighted by Gasteiger charge is 2.30. The number of nitrogens with two attached hydrogens (primary N) is 1. The van der Waals surface area contributed by atoms with Gasteiger partial charge >= 0.3 is 0 Å². The summed E-state index contributed by atoms with van der Waals surface area (Å²) < 4.78 is 14.2. The summed E-state index contributed by atoms with van der Waals surface area (Å²) in [5.74, 6) is 0.804. The van der Waals surface area contributed by atoms with E-state index in [0.29, 0.717) is 38.9 Å². The number of rotatable bonds is 14. The molecule has 6 nitrogen and oxygen atoms in total. The third kappa shape index (κ3) is 8.84. The molecule has 0 aliphatic heterocycles. The summed E-state index contributed by atoms with van der Waals surface area (Å²) in [5, 5.41) is 22.0. The highest BCUT2D eigenvalue weighted by atomic mass is 16.5. The molecule has 0 fully saturated rings. The number of hydrogen-bond acceptors (Lipinski definition) is 5. The van der Waals surface area contributed by atoms with Gasteiger partial charge in [0.2, 0.25) is 0 Å². The van der Waals surface area contributed by atoms with E-state index < -0.39 is 17.7 Å². The molecule has 4 N–H and O–H groups in total. The van der Waals surface area contributed by atoms with Crippen LogP contribution in [-0.4, -0.2) is 51.8 Å². The van der Waals surface area contributed by atoms with Crippen molar-refractivity contribution >= 4 is 10.9 Å². The normalized spacial score (nSPS) is 15.0. The second kappa shape index (κ2) is 13.1. The molecule has 0 bridgehead atoms. The summed E-state index contributed by atoms with van der Waals surface area (Å²) in [6.45, 7) is 11.5. The van der Waals surface area contributed by atoms with E-state index in [1.54, 1.807) is 0 Å². The minimum absolute atomic E-state index is 0.0542. The molecular formula is C32H48N2O4. The Kier molecular flexibility index (Phi) is 10.4. The van der Waals surface area contributed by atoms with E-state index in [0.717, 1.165) is 23.4 Å². The van der Waals surface area contributed by atoms with Crippen LogP contribution in [0.15, 0.2) is 54.6 Å². The Bertz CT molecular complexity index is 1130. The molecule has 6 heteroatoms. The molecule has 0 saturated carbocycles. The quantitative estimate of drug-likeness (QED) is 0.223. The summed E-state index contributed by atoms with van der Waals surface area (Å²) >= 11 is 0. The fraction of sp³-hybridized carbons (Fsp3) is 0.562. The van der Waals surface area contributed by atoms with Crippen molar-refractivity contribution in [1.82, 2.24) is 4.57 Å². The molecule has 3 atom stereocenters. The molecule has 38 heavy (non-hydrogen) atoms. The van der Waals surface area contributed by atoms with Crippen molar-refractivity contribution in [3.05, 3.63) is 54.6 Å². The van der Waals surface area contributed by atoms with Crippen LogP contribution in [-0.2, 0) is 11.8 Å².